The van der Waals surface area contributed by atoms with Crippen LogP contribution in [0, 0.1) is 13.8 Å². The Labute approximate surface area is 82.6 Å². The van der Waals surface area contributed by atoms with Crippen LogP contribution in [0.5, 0.6) is 5.75 Å². The van der Waals surface area contributed by atoms with Crippen LogP contribution in [-0.4, -0.2) is 14.9 Å². The van der Waals surface area contributed by atoms with Gasteiger partial charge in [0.15, 0.2) is 5.75 Å². The van der Waals surface area contributed by atoms with Gasteiger partial charge in [0.25, 0.3) is 0 Å². The number of para-hydroxylation sites is 1. The SMILES string of the molecule is Cc1nn(-c2ccccc2)c(C)c1O. The van der Waals surface area contributed by atoms with Gasteiger partial charge < -0.3 is 5.11 Å². The minimum atomic E-state index is 0.272. The highest BCUT2D eigenvalue weighted by Crippen LogP contribution is 2.22. The second kappa shape index (κ2) is 3.18. The van der Waals surface area contributed by atoms with E-state index >= 15 is 0 Å². The number of aryl methyl sites for hydroxylation is 1. The Bertz CT molecular complexity index is 446. The molecule has 1 aromatic heterocycles. The van der Waals surface area contributed by atoms with Gasteiger partial charge in [0.2, 0.25) is 0 Å². The lowest BCUT2D eigenvalue weighted by molar-refractivity contribution is 0.466. The Hall–Kier alpha value is -1.77. The lowest BCUT2D eigenvalue weighted by atomic mass is 10.3. The minimum absolute atomic E-state index is 0.272. The molecule has 0 amide bonds. The number of rotatable bonds is 1. The molecule has 0 aliphatic heterocycles. The molecule has 0 aliphatic carbocycles. The average Bonchev–Trinajstić information content (AvgIpc) is 2.47. The van der Waals surface area contributed by atoms with Crippen molar-refractivity contribution in [3.8, 4) is 11.4 Å². The first-order valence-electron chi connectivity index (χ1n) is 4.51. The van der Waals surface area contributed by atoms with Crippen LogP contribution in [0.2, 0.25) is 0 Å². The number of aromatic nitrogens is 2. The number of hydrogen-bond donors (Lipinski definition) is 1. The van der Waals surface area contributed by atoms with Crippen molar-refractivity contribution in [2.24, 2.45) is 0 Å². The van der Waals surface area contributed by atoms with Crippen LogP contribution in [0.1, 0.15) is 11.4 Å². The summed E-state index contributed by atoms with van der Waals surface area (Å²) in [5.74, 6) is 0.272. The molecular weight excluding hydrogens is 176 g/mol. The van der Waals surface area contributed by atoms with E-state index in [0.29, 0.717) is 5.69 Å². The summed E-state index contributed by atoms with van der Waals surface area (Å²) in [7, 11) is 0. The van der Waals surface area contributed by atoms with Gasteiger partial charge in [0.05, 0.1) is 11.4 Å². The summed E-state index contributed by atoms with van der Waals surface area (Å²) in [6, 6.07) is 9.76. The molecule has 3 nitrogen and oxygen atoms in total. The van der Waals surface area contributed by atoms with Crippen molar-refractivity contribution < 1.29 is 5.11 Å². The summed E-state index contributed by atoms with van der Waals surface area (Å²) in [6.45, 7) is 3.64. The average molecular weight is 188 g/mol. The van der Waals surface area contributed by atoms with E-state index in [2.05, 4.69) is 5.10 Å². The molecule has 14 heavy (non-hydrogen) atoms. The third-order valence-electron chi connectivity index (χ3n) is 2.25. The number of aromatic hydroxyl groups is 1. The topological polar surface area (TPSA) is 38.0 Å². The molecule has 1 N–H and O–H groups in total. The zero-order chi connectivity index (χ0) is 10.1. The fourth-order valence-electron chi connectivity index (χ4n) is 1.46. The lowest BCUT2D eigenvalue weighted by Gasteiger charge is -2.02. The molecule has 2 aromatic rings. The second-order valence-electron chi connectivity index (χ2n) is 3.27. The maximum absolute atomic E-state index is 9.61. The van der Waals surface area contributed by atoms with Crippen molar-refractivity contribution in [3.05, 3.63) is 41.7 Å². The maximum atomic E-state index is 9.61. The molecule has 0 fully saturated rings. The van der Waals surface area contributed by atoms with Crippen molar-refractivity contribution in [1.29, 1.82) is 0 Å². The molecule has 0 atom stereocenters. The molecule has 1 aromatic carbocycles. The molecule has 3 heteroatoms. The van der Waals surface area contributed by atoms with Gasteiger partial charge >= 0.3 is 0 Å². The van der Waals surface area contributed by atoms with Gasteiger partial charge in [-0.15, -0.1) is 0 Å². The van der Waals surface area contributed by atoms with Crippen LogP contribution in [0.15, 0.2) is 30.3 Å². The van der Waals surface area contributed by atoms with Crippen molar-refractivity contribution in [1.82, 2.24) is 9.78 Å². The van der Waals surface area contributed by atoms with Crippen molar-refractivity contribution >= 4 is 0 Å². The first kappa shape index (κ1) is 8.81. The number of benzene rings is 1. The Morgan fingerprint density at radius 2 is 1.79 bits per heavy atom. The van der Waals surface area contributed by atoms with Crippen LogP contribution in [-0.2, 0) is 0 Å². The zero-order valence-electron chi connectivity index (χ0n) is 8.23. The van der Waals surface area contributed by atoms with Crippen LogP contribution in [0.3, 0.4) is 0 Å². The Morgan fingerprint density at radius 3 is 2.29 bits per heavy atom. The first-order chi connectivity index (χ1) is 6.70. The predicted molar refractivity (Wildman–Crippen MR) is 54.7 cm³/mol. The largest absolute Gasteiger partial charge is 0.504 e. The van der Waals surface area contributed by atoms with E-state index in [1.165, 1.54) is 0 Å². The highest BCUT2D eigenvalue weighted by atomic mass is 16.3. The highest BCUT2D eigenvalue weighted by molar-refractivity contribution is 5.39. The number of nitrogens with zero attached hydrogens (tertiary/aromatic N) is 2. The highest BCUT2D eigenvalue weighted by Gasteiger charge is 2.10. The minimum Gasteiger partial charge on any atom is -0.504 e. The summed E-state index contributed by atoms with van der Waals surface area (Å²) in [6.07, 6.45) is 0. The summed E-state index contributed by atoms with van der Waals surface area (Å²) >= 11 is 0. The van der Waals surface area contributed by atoms with Crippen molar-refractivity contribution in [2.75, 3.05) is 0 Å². The predicted octanol–water partition coefficient (Wildman–Crippen LogP) is 2.19. The monoisotopic (exact) mass is 188 g/mol. The van der Waals surface area contributed by atoms with Crippen molar-refractivity contribution in [3.63, 3.8) is 0 Å². The normalized spacial score (nSPS) is 10.4. The van der Waals surface area contributed by atoms with E-state index in [4.69, 9.17) is 0 Å². The molecule has 0 radical (unpaired) electrons. The molecule has 0 aliphatic rings. The summed E-state index contributed by atoms with van der Waals surface area (Å²) in [5.41, 5.74) is 2.40. The van der Waals surface area contributed by atoms with Gasteiger partial charge in [-0.25, -0.2) is 4.68 Å². The van der Waals surface area contributed by atoms with Gasteiger partial charge in [0.1, 0.15) is 5.69 Å². The summed E-state index contributed by atoms with van der Waals surface area (Å²) < 4.78 is 1.74. The van der Waals surface area contributed by atoms with Gasteiger partial charge in [-0.05, 0) is 26.0 Å². The smallest absolute Gasteiger partial charge is 0.159 e. The molecule has 72 valence electrons. The first-order valence-corrected chi connectivity index (χ1v) is 4.51. The van der Waals surface area contributed by atoms with E-state index < -0.39 is 0 Å². The Morgan fingerprint density at radius 1 is 1.14 bits per heavy atom. The molecule has 1 heterocycles. The lowest BCUT2D eigenvalue weighted by Crippen LogP contribution is -1.97. The van der Waals surface area contributed by atoms with E-state index in [-0.39, 0.29) is 5.75 Å². The Kier molecular flexibility index (Phi) is 2.00. The molecule has 0 saturated heterocycles. The molecule has 2 rings (SSSR count). The van der Waals surface area contributed by atoms with Crippen molar-refractivity contribution in [2.45, 2.75) is 13.8 Å². The Balaban J connectivity index is 2.58. The fourth-order valence-corrected chi connectivity index (χ4v) is 1.46. The fraction of sp³-hybridized carbons (Fsp3) is 0.182. The molecule has 0 unspecified atom stereocenters. The van der Waals surface area contributed by atoms with Crippen LogP contribution >= 0.6 is 0 Å². The third kappa shape index (κ3) is 1.27. The molecule has 0 saturated carbocycles. The van der Waals surface area contributed by atoms with Gasteiger partial charge in [-0.3, -0.25) is 0 Å². The van der Waals surface area contributed by atoms with Crippen LogP contribution in [0.4, 0.5) is 0 Å². The van der Waals surface area contributed by atoms with E-state index in [0.717, 1.165) is 11.4 Å². The molecule has 0 bridgehead atoms. The third-order valence-corrected chi connectivity index (χ3v) is 2.25. The van der Waals surface area contributed by atoms with E-state index in [9.17, 15) is 5.11 Å². The van der Waals surface area contributed by atoms with Crippen LogP contribution in [0.25, 0.3) is 5.69 Å². The molecular formula is C11H12N2O. The maximum Gasteiger partial charge on any atom is 0.159 e. The van der Waals surface area contributed by atoms with Gasteiger partial charge in [-0.2, -0.15) is 5.10 Å². The summed E-state index contributed by atoms with van der Waals surface area (Å²) in [4.78, 5) is 0. The van der Waals surface area contributed by atoms with E-state index in [1.54, 1.807) is 11.6 Å². The van der Waals surface area contributed by atoms with E-state index in [1.807, 2.05) is 37.3 Å². The number of hydrogen-bond acceptors (Lipinski definition) is 2. The summed E-state index contributed by atoms with van der Waals surface area (Å²) in [5, 5.41) is 13.9. The van der Waals surface area contributed by atoms with Crippen LogP contribution < -0.4 is 0 Å². The van der Waals surface area contributed by atoms with Gasteiger partial charge in [-0.1, -0.05) is 18.2 Å². The zero-order valence-corrected chi connectivity index (χ0v) is 8.23. The standard InChI is InChI=1S/C11H12N2O/c1-8-11(14)9(2)13(12-8)10-6-4-3-5-7-10/h3-7,14H,1-2H3. The second-order valence-corrected chi connectivity index (χ2v) is 3.27. The quantitative estimate of drug-likeness (QED) is 0.745. The molecule has 0 spiro atoms. The van der Waals surface area contributed by atoms with Gasteiger partial charge in [0, 0.05) is 0 Å².